The maximum Gasteiger partial charge on any atom is 0.409 e. The molecule has 0 heterocycles. The maximum atomic E-state index is 9.89. The fraction of sp³-hybridized carbons (Fsp3) is 0. The molecule has 24 amide bonds. The standard InChI is InChI=1S/12CH4N2O.6BFO2/c18*2-1(3)4/h12*(H4,2,3,4);;;;;;/q;;;;;;;;;;;;6*-2/p+12. The van der Waals surface area contributed by atoms with Crippen LogP contribution in [0.2, 0.25) is 0 Å². The van der Waals surface area contributed by atoms with Crippen LogP contribution < -0.4 is 198 Å². The molecule has 0 aromatic heterocycles. The van der Waals surface area contributed by atoms with E-state index in [1.807, 2.05) is 0 Å². The quantitative estimate of drug-likeness (QED) is 0.0791. The topological polar surface area (TPSA) is 1130 Å². The Morgan fingerprint density at radius 1 is 0.194 bits per heavy atom. The van der Waals surface area contributed by atoms with Gasteiger partial charge in [0.05, 0.1) is 0 Å². The highest BCUT2D eigenvalue weighted by atomic mass is 19.1. The van der Waals surface area contributed by atoms with Crippen LogP contribution in [0.15, 0.2) is 0 Å². The third-order valence-electron chi connectivity index (χ3n) is 0. The monoisotopic (exact) mass is 1100 g/mol. The highest BCUT2D eigenvalue weighted by Gasteiger charge is 1.73. The van der Waals surface area contributed by atoms with Gasteiger partial charge in [-0.05, 0) is 0 Å². The molecule has 60 N–H and O–H groups in total. The molecule has 0 bridgehead atoms. The van der Waals surface area contributed by atoms with E-state index in [4.69, 9.17) is 118 Å². The molecular formula is C12H60B6F6N24O24. The molecule has 0 aromatic carbocycles. The highest BCUT2D eigenvalue weighted by molar-refractivity contribution is 6.28. The van der Waals surface area contributed by atoms with E-state index in [2.05, 4.69) is 138 Å². The van der Waals surface area contributed by atoms with Crippen molar-refractivity contribution in [1.29, 1.82) is 0 Å². The number of halogens is 6. The van der Waals surface area contributed by atoms with E-state index in [0.29, 0.717) is 0 Å². The van der Waals surface area contributed by atoms with Crippen molar-refractivity contribution in [2.45, 2.75) is 0 Å². The van der Waals surface area contributed by atoms with E-state index in [9.17, 15) is 25.9 Å². The zero-order valence-corrected chi connectivity index (χ0v) is 36.9. The van der Waals surface area contributed by atoms with Crippen LogP contribution in [0.25, 0.3) is 0 Å². The number of urea groups is 12. The van der Waals surface area contributed by atoms with Crippen molar-refractivity contribution in [1.82, 2.24) is 0 Å². The average molecular weight is 1100 g/mol. The van der Waals surface area contributed by atoms with Crippen molar-refractivity contribution in [3.63, 3.8) is 0 Å². The molecule has 0 aromatic rings. The van der Waals surface area contributed by atoms with Gasteiger partial charge in [0.2, 0.25) is 0 Å². The lowest BCUT2D eigenvalue weighted by Crippen LogP contribution is -2.60. The molecule has 72 heavy (non-hydrogen) atoms. The summed E-state index contributed by atoms with van der Waals surface area (Å²) in [6, 6.07) is -7.00. The Hall–Kier alpha value is -7.35. The number of carbonyl (C=O) groups excluding carboxylic acids is 12. The molecule has 0 atom stereocenters. The van der Waals surface area contributed by atoms with Gasteiger partial charge in [0.15, 0.2) is 0 Å². The van der Waals surface area contributed by atoms with Gasteiger partial charge in [0.25, 0.3) is 0 Å². The second-order valence-electron chi connectivity index (χ2n) is 7.24. The molecule has 0 saturated heterocycles. The van der Waals surface area contributed by atoms with Crippen LogP contribution in [-0.4, -0.2) is 117 Å². The molecule has 0 saturated carbocycles. The first-order chi connectivity index (χ1) is 31.2. The van der Waals surface area contributed by atoms with E-state index in [1.54, 1.807) is 0 Å². The lowest BCUT2D eigenvalue weighted by molar-refractivity contribution is -0.368. The Labute approximate surface area is 398 Å². The van der Waals surface area contributed by atoms with Crippen molar-refractivity contribution in [3.8, 4) is 0 Å². The van der Waals surface area contributed by atoms with E-state index < -0.39 is 117 Å². The molecule has 0 radical (unpaired) electrons. The van der Waals surface area contributed by atoms with Crippen LogP contribution in [0.3, 0.4) is 0 Å². The number of quaternary nitrogens is 12. The highest BCUT2D eigenvalue weighted by Crippen LogP contribution is 1.43. The number of hydrogen-bond acceptors (Lipinski definition) is 24. The molecule has 0 aliphatic carbocycles. The van der Waals surface area contributed by atoms with Gasteiger partial charge in [-0.2, -0.15) is 0 Å². The van der Waals surface area contributed by atoms with Crippen LogP contribution >= 0.6 is 0 Å². The molecular weight excluding hydrogens is 1040 g/mol. The fourth-order valence-electron chi connectivity index (χ4n) is 0. The Bertz CT molecular complexity index is 889. The maximum absolute atomic E-state index is 9.89. The first kappa shape index (κ1) is 120. The van der Waals surface area contributed by atoms with Gasteiger partial charge >= 0.3 is 72.4 Å². The average Bonchev–Trinajstić information content (AvgIpc) is 2.91. The molecule has 0 rings (SSSR count). The van der Waals surface area contributed by atoms with Gasteiger partial charge in [-0.3, -0.25) is 68.8 Å². The minimum Gasteiger partial charge on any atom is -0.867 e. The molecule has 0 aliphatic rings. The van der Waals surface area contributed by atoms with Crippen LogP contribution in [-0.2, 0) is 0 Å². The minimum atomic E-state index is -3.17. The predicted octanol–water partition coefficient (Wildman–Crippen LogP) is -34.3. The summed E-state index contributed by atoms with van der Waals surface area (Å²) in [6.45, 7) is 0. The summed E-state index contributed by atoms with van der Waals surface area (Å²) in [5, 5.41) is 99.7. The summed E-state index contributed by atoms with van der Waals surface area (Å²) in [7, 11) is -19.0. The van der Waals surface area contributed by atoms with Gasteiger partial charge in [-0.25, -0.2) is 57.5 Å². The summed E-state index contributed by atoms with van der Waals surface area (Å²) in [5.74, 6) is 0. The Morgan fingerprint density at radius 2 is 0.194 bits per heavy atom. The van der Waals surface area contributed by atoms with Crippen LogP contribution in [0, 0.1) is 0 Å². The SMILES string of the molecule is NC([NH3+])=O.NC([NH3+])=O.NC([NH3+])=O.NC([NH3+])=O.NC([NH3+])=O.NC([NH3+])=O.NC([NH3+])=O.NC([NH3+])=O.NC([NH3+])=O.NC([NH3+])=O.NC([NH3+])=O.NC([NH3+])=O.[O-]B([O-])F.[O-]B([O-])F.[O-]B([O-])F.[O-]B([O-])F.[O-]B([O-])F.[O-]B([O-])F. The van der Waals surface area contributed by atoms with Crippen LogP contribution in [0.5, 0.6) is 0 Å². The van der Waals surface area contributed by atoms with Crippen molar-refractivity contribution in [2.75, 3.05) is 0 Å². The van der Waals surface area contributed by atoms with Gasteiger partial charge in [0, 0.05) is 0 Å². The fourth-order valence-corrected chi connectivity index (χ4v) is 0. The Morgan fingerprint density at radius 3 is 0.194 bits per heavy atom. The van der Waals surface area contributed by atoms with Crippen molar-refractivity contribution >= 4 is 117 Å². The van der Waals surface area contributed by atoms with E-state index in [-0.39, 0.29) is 0 Å². The summed E-state index contributed by atoms with van der Waals surface area (Å²) in [6.07, 6.45) is 0. The smallest absolute Gasteiger partial charge is 0.409 e. The minimum absolute atomic E-state index is 0.583. The molecule has 432 valence electrons. The van der Waals surface area contributed by atoms with Gasteiger partial charge in [-0.1, -0.05) is 0 Å². The number of hydrogen-bond donors (Lipinski definition) is 24. The Kier molecular flexibility index (Phi) is 192. The summed E-state index contributed by atoms with van der Waals surface area (Å²) in [5.41, 5.74) is 85.7. The molecule has 60 heteroatoms. The van der Waals surface area contributed by atoms with Gasteiger partial charge < -0.3 is 155 Å². The Balaban J connectivity index is -0.0000000268. The van der Waals surface area contributed by atoms with Gasteiger partial charge in [0.1, 0.15) is 44.4 Å². The number of carbonyl (C=O) groups is 12. The summed E-state index contributed by atoms with van der Waals surface area (Å²) >= 11 is 0. The molecule has 0 spiro atoms. The molecule has 0 unspecified atom stereocenters. The van der Waals surface area contributed by atoms with E-state index in [0.717, 1.165) is 0 Å². The predicted molar refractivity (Wildman–Crippen MR) is 191 cm³/mol. The number of amides is 24. The van der Waals surface area contributed by atoms with Crippen molar-refractivity contribution < 1.29 is 213 Å². The van der Waals surface area contributed by atoms with Crippen molar-refractivity contribution in [2.24, 2.45) is 68.8 Å². The van der Waals surface area contributed by atoms with Crippen molar-refractivity contribution in [3.05, 3.63) is 0 Å². The number of nitrogens with two attached hydrogens (primary N) is 12. The molecule has 48 nitrogen and oxygen atoms in total. The molecule has 0 fully saturated rings. The third kappa shape index (κ3) is 4410. The number of primary amides is 12. The lowest BCUT2D eigenvalue weighted by Gasteiger charge is -2.09. The lowest BCUT2D eigenvalue weighted by atomic mass is 10.3. The zero-order valence-electron chi connectivity index (χ0n) is 36.9. The van der Waals surface area contributed by atoms with Crippen LogP contribution in [0.4, 0.5) is 83.4 Å². The van der Waals surface area contributed by atoms with Crippen LogP contribution in [0.1, 0.15) is 0 Å². The van der Waals surface area contributed by atoms with E-state index in [1.165, 1.54) is 0 Å². The first-order valence-corrected chi connectivity index (χ1v) is 14.3. The second kappa shape index (κ2) is 115. The largest absolute Gasteiger partial charge is 0.867 e. The molecule has 0 aliphatic heterocycles. The normalized spacial score (nSPS) is 6.42. The van der Waals surface area contributed by atoms with E-state index >= 15 is 0 Å². The summed E-state index contributed by atoms with van der Waals surface area (Å²) in [4.78, 5) is 109. The first-order valence-electron chi connectivity index (χ1n) is 14.3. The number of rotatable bonds is 0. The summed E-state index contributed by atoms with van der Waals surface area (Å²) < 4.78 is 59.3. The third-order valence-corrected chi connectivity index (χ3v) is 0. The van der Waals surface area contributed by atoms with Gasteiger partial charge in [-0.15, -0.1) is 0 Å². The second-order valence-corrected chi connectivity index (χ2v) is 7.24. The zero-order chi connectivity index (χ0) is 64.4.